The normalized spacial score (nSPS) is 16.1. The molecule has 0 aliphatic heterocycles. The summed E-state index contributed by atoms with van der Waals surface area (Å²) in [5, 5.41) is -0.226. The molecular weight excluding hydrogens is 469 g/mol. The fourth-order valence-electron chi connectivity index (χ4n) is 2.02. The zero-order chi connectivity index (χ0) is 24.9. The molecule has 0 N–H and O–H groups in total. The van der Waals surface area contributed by atoms with Crippen LogP contribution in [0.4, 0.5) is 26.3 Å². The summed E-state index contributed by atoms with van der Waals surface area (Å²) in [5.41, 5.74) is 0. The minimum Gasteiger partial charge on any atom is -0.413 e. The Labute approximate surface area is 180 Å². The standard InChI is InChI=1S/C18H31F6O5PSi/c1-8-13(2)15(29-31(6,7)16(3,4)5)9-14(25)10-30(26,27-11-17(19,20)21)28-12-18(22,23)24/h8,13,15H,1,9-12H2,2-7H3/t13-,15+/m1/s1. The highest BCUT2D eigenvalue weighted by Gasteiger charge is 2.42. The third-order valence-corrected chi connectivity index (χ3v) is 11.1. The number of hydrogen-bond donors (Lipinski definition) is 0. The van der Waals surface area contributed by atoms with Gasteiger partial charge in [0.05, 0.1) is 6.10 Å². The number of halogens is 6. The van der Waals surface area contributed by atoms with E-state index in [1.54, 1.807) is 6.92 Å². The van der Waals surface area contributed by atoms with Gasteiger partial charge in [-0.2, -0.15) is 26.3 Å². The molecule has 0 radical (unpaired) electrons. The molecule has 2 atom stereocenters. The van der Waals surface area contributed by atoms with Gasteiger partial charge in [0.25, 0.3) is 0 Å². The molecule has 0 spiro atoms. The summed E-state index contributed by atoms with van der Waals surface area (Å²) >= 11 is 0. The maximum absolute atomic E-state index is 12.5. The minimum atomic E-state index is -5.01. The summed E-state index contributed by atoms with van der Waals surface area (Å²) < 4.78 is 101. The van der Waals surface area contributed by atoms with Gasteiger partial charge in [0.1, 0.15) is 11.9 Å². The van der Waals surface area contributed by atoms with Gasteiger partial charge in [0.2, 0.25) is 0 Å². The van der Waals surface area contributed by atoms with Crippen LogP contribution in [0.5, 0.6) is 0 Å². The number of carbonyl (C=O) groups excluding carboxylic acids is 1. The van der Waals surface area contributed by atoms with E-state index >= 15 is 0 Å². The third kappa shape index (κ3) is 12.2. The average Bonchev–Trinajstić information content (AvgIpc) is 2.54. The zero-order valence-corrected chi connectivity index (χ0v) is 20.4. The maximum atomic E-state index is 12.5. The van der Waals surface area contributed by atoms with Crippen LogP contribution in [0.2, 0.25) is 18.1 Å². The van der Waals surface area contributed by atoms with E-state index in [4.69, 9.17) is 4.43 Å². The molecule has 0 fully saturated rings. The van der Waals surface area contributed by atoms with Crippen molar-refractivity contribution in [3.05, 3.63) is 12.7 Å². The maximum Gasteiger partial charge on any atom is 0.412 e. The second-order valence-corrected chi connectivity index (χ2v) is 15.6. The van der Waals surface area contributed by atoms with Crippen molar-refractivity contribution in [3.63, 3.8) is 0 Å². The lowest BCUT2D eigenvalue weighted by molar-refractivity contribution is -0.165. The van der Waals surface area contributed by atoms with Crippen molar-refractivity contribution in [2.75, 3.05) is 19.4 Å². The van der Waals surface area contributed by atoms with Gasteiger partial charge in [-0.1, -0.05) is 33.8 Å². The van der Waals surface area contributed by atoms with Crippen LogP contribution in [-0.2, 0) is 22.8 Å². The van der Waals surface area contributed by atoms with E-state index in [0.717, 1.165) is 0 Å². The first-order chi connectivity index (χ1) is 13.6. The first-order valence-electron chi connectivity index (χ1n) is 9.44. The molecule has 13 heteroatoms. The molecule has 0 rings (SSSR count). The van der Waals surface area contributed by atoms with Gasteiger partial charge in [-0.3, -0.25) is 18.4 Å². The van der Waals surface area contributed by atoms with Crippen LogP contribution in [-0.4, -0.2) is 51.9 Å². The Hall–Kier alpha value is -0.683. The van der Waals surface area contributed by atoms with Crippen LogP contribution in [0.25, 0.3) is 0 Å². The van der Waals surface area contributed by atoms with E-state index < -0.39 is 65.9 Å². The highest BCUT2D eigenvalue weighted by Crippen LogP contribution is 2.50. The van der Waals surface area contributed by atoms with Crippen molar-refractivity contribution in [3.8, 4) is 0 Å². The van der Waals surface area contributed by atoms with Crippen molar-refractivity contribution < 1.29 is 49.2 Å². The quantitative estimate of drug-likeness (QED) is 0.132. The molecule has 0 saturated carbocycles. The molecular formula is C18H31F6O5PSi. The fraction of sp³-hybridized carbons (Fsp3) is 0.833. The van der Waals surface area contributed by atoms with E-state index in [0.29, 0.717) is 0 Å². The third-order valence-electron chi connectivity index (χ3n) is 4.86. The molecule has 0 aliphatic rings. The number of ketones is 1. The smallest absolute Gasteiger partial charge is 0.412 e. The number of rotatable bonds is 12. The van der Waals surface area contributed by atoms with Crippen LogP contribution in [0, 0.1) is 5.92 Å². The predicted molar refractivity (Wildman–Crippen MR) is 108 cm³/mol. The first-order valence-corrected chi connectivity index (χ1v) is 14.1. The van der Waals surface area contributed by atoms with Gasteiger partial charge in [-0.25, -0.2) is 0 Å². The lowest BCUT2D eigenvalue weighted by atomic mass is 10.0. The highest BCUT2D eigenvalue weighted by molar-refractivity contribution is 7.54. The summed E-state index contributed by atoms with van der Waals surface area (Å²) in [4.78, 5) is 12.5. The summed E-state index contributed by atoms with van der Waals surface area (Å²) in [6.07, 6.45) is -10.8. The van der Waals surface area contributed by atoms with Crippen molar-refractivity contribution >= 4 is 21.7 Å². The largest absolute Gasteiger partial charge is 0.413 e. The molecule has 0 aromatic heterocycles. The number of alkyl halides is 6. The van der Waals surface area contributed by atoms with Gasteiger partial charge in [0, 0.05) is 6.42 Å². The van der Waals surface area contributed by atoms with Crippen LogP contribution < -0.4 is 0 Å². The number of Topliss-reactive ketones (excluding diaryl/α,β-unsaturated/α-hetero) is 1. The lowest BCUT2D eigenvalue weighted by Crippen LogP contribution is -2.46. The van der Waals surface area contributed by atoms with Crippen LogP contribution in [0.1, 0.15) is 34.1 Å². The Balaban J connectivity index is 5.50. The molecule has 0 aliphatic carbocycles. The number of hydrogen-bond acceptors (Lipinski definition) is 5. The summed E-state index contributed by atoms with van der Waals surface area (Å²) in [6, 6.07) is 0. The summed E-state index contributed by atoms with van der Waals surface area (Å²) in [6.45, 7) is 10.8. The Kier molecular flexibility index (Phi) is 10.7. The van der Waals surface area contributed by atoms with Crippen molar-refractivity contribution in [2.45, 2.75) is 70.7 Å². The van der Waals surface area contributed by atoms with E-state index in [2.05, 4.69) is 15.6 Å². The predicted octanol–water partition coefficient (Wildman–Crippen LogP) is 6.51. The van der Waals surface area contributed by atoms with Crippen LogP contribution in [0.15, 0.2) is 12.7 Å². The molecule has 31 heavy (non-hydrogen) atoms. The molecule has 0 aromatic carbocycles. The van der Waals surface area contributed by atoms with Gasteiger partial charge in [0.15, 0.2) is 21.5 Å². The Morgan fingerprint density at radius 3 is 1.77 bits per heavy atom. The first kappa shape index (κ1) is 30.3. The van der Waals surface area contributed by atoms with Crippen molar-refractivity contribution in [1.82, 2.24) is 0 Å². The Bertz CT molecular complexity index is 635. The zero-order valence-electron chi connectivity index (χ0n) is 18.5. The lowest BCUT2D eigenvalue weighted by Gasteiger charge is -2.40. The molecule has 0 heterocycles. The molecule has 0 bridgehead atoms. The summed E-state index contributed by atoms with van der Waals surface area (Å²) in [7, 11) is -7.39. The van der Waals surface area contributed by atoms with Crippen LogP contribution in [0.3, 0.4) is 0 Å². The van der Waals surface area contributed by atoms with Gasteiger partial charge < -0.3 is 4.43 Å². The second-order valence-electron chi connectivity index (χ2n) is 8.80. The minimum absolute atomic E-state index is 0.226. The van der Waals surface area contributed by atoms with Gasteiger partial charge in [-0.05, 0) is 24.1 Å². The highest BCUT2D eigenvalue weighted by atomic mass is 31.2. The Morgan fingerprint density at radius 2 is 1.45 bits per heavy atom. The molecule has 0 unspecified atom stereocenters. The molecule has 5 nitrogen and oxygen atoms in total. The molecule has 0 saturated heterocycles. The second kappa shape index (κ2) is 11.0. The molecule has 184 valence electrons. The van der Waals surface area contributed by atoms with E-state index in [9.17, 15) is 35.7 Å². The van der Waals surface area contributed by atoms with Crippen molar-refractivity contribution in [1.29, 1.82) is 0 Å². The van der Waals surface area contributed by atoms with Gasteiger partial charge >= 0.3 is 19.9 Å². The van der Waals surface area contributed by atoms with E-state index in [1.807, 2.05) is 33.9 Å². The SMILES string of the molecule is C=C[C@@H](C)[C@H](CC(=O)CP(=O)(OCC(F)(F)F)OCC(F)(F)F)O[Si](C)(C)C(C)(C)C. The monoisotopic (exact) mass is 500 g/mol. The Morgan fingerprint density at radius 1 is 1.03 bits per heavy atom. The van der Waals surface area contributed by atoms with Crippen molar-refractivity contribution in [2.24, 2.45) is 5.92 Å². The topological polar surface area (TPSA) is 61.8 Å². The fourth-order valence-corrected chi connectivity index (χ4v) is 4.93. The molecule has 0 aromatic rings. The van der Waals surface area contributed by atoms with E-state index in [-0.39, 0.29) is 11.0 Å². The average molecular weight is 500 g/mol. The molecule has 0 amide bonds. The van der Waals surface area contributed by atoms with Gasteiger partial charge in [-0.15, -0.1) is 6.58 Å². The van der Waals surface area contributed by atoms with Crippen LogP contribution >= 0.6 is 7.60 Å². The number of carbonyl (C=O) groups is 1. The van der Waals surface area contributed by atoms with E-state index in [1.165, 1.54) is 6.08 Å². The summed E-state index contributed by atoms with van der Waals surface area (Å²) in [5.74, 6) is -1.25.